The molecule has 1 aliphatic heterocycles. The molecular weight excluding hydrogens is 248 g/mol. The number of aromatic carboxylic acids is 1. The van der Waals surface area contributed by atoms with Gasteiger partial charge in [-0.3, -0.25) is 9.69 Å². The van der Waals surface area contributed by atoms with Gasteiger partial charge in [-0.05, 0) is 19.4 Å². The highest BCUT2D eigenvalue weighted by atomic mass is 16.4. The van der Waals surface area contributed by atoms with E-state index in [9.17, 15) is 9.59 Å². The van der Waals surface area contributed by atoms with Crippen LogP contribution in [0.1, 0.15) is 35.2 Å². The monoisotopic (exact) mass is 266 g/mol. The summed E-state index contributed by atoms with van der Waals surface area (Å²) in [5.74, 6) is -0.402. The van der Waals surface area contributed by atoms with Crippen molar-refractivity contribution in [2.75, 3.05) is 13.1 Å². The third-order valence-electron chi connectivity index (χ3n) is 3.22. The number of carboxylic acids is 1. The highest BCUT2D eigenvalue weighted by Gasteiger charge is 2.24. The Kier molecular flexibility index (Phi) is 3.90. The Hall–Kier alpha value is -1.82. The molecule has 0 spiro atoms. The molecular formula is C13H18N2O4. The first kappa shape index (κ1) is 13.6. The number of carboxylic acid groups (broad SMARTS) is 1. The first-order chi connectivity index (χ1) is 8.95. The Morgan fingerprint density at radius 3 is 2.89 bits per heavy atom. The summed E-state index contributed by atoms with van der Waals surface area (Å²) >= 11 is 0. The molecule has 2 N–H and O–H groups in total. The number of likely N-dealkylation sites (tertiary alicyclic amines) is 1. The van der Waals surface area contributed by atoms with Crippen molar-refractivity contribution in [2.24, 2.45) is 0 Å². The van der Waals surface area contributed by atoms with Crippen LogP contribution in [-0.2, 0) is 11.3 Å². The lowest BCUT2D eigenvalue weighted by Gasteiger charge is -2.14. The van der Waals surface area contributed by atoms with Gasteiger partial charge in [-0.1, -0.05) is 0 Å². The summed E-state index contributed by atoms with van der Waals surface area (Å²) in [6.45, 7) is 5.44. The van der Waals surface area contributed by atoms with Crippen molar-refractivity contribution in [3.05, 3.63) is 23.2 Å². The summed E-state index contributed by atoms with van der Waals surface area (Å²) in [5, 5.41) is 11.8. The quantitative estimate of drug-likeness (QED) is 0.849. The van der Waals surface area contributed by atoms with Crippen molar-refractivity contribution >= 4 is 11.9 Å². The molecule has 6 heteroatoms. The van der Waals surface area contributed by atoms with Crippen molar-refractivity contribution in [3.63, 3.8) is 0 Å². The topological polar surface area (TPSA) is 82.8 Å². The maximum atomic E-state index is 11.0. The number of aryl methyl sites for hydroxylation is 1. The molecule has 0 radical (unpaired) electrons. The second-order valence-corrected chi connectivity index (χ2v) is 4.95. The molecule has 19 heavy (non-hydrogen) atoms. The van der Waals surface area contributed by atoms with Crippen molar-refractivity contribution in [1.82, 2.24) is 10.2 Å². The van der Waals surface area contributed by atoms with Crippen LogP contribution in [0, 0.1) is 6.92 Å². The summed E-state index contributed by atoms with van der Waals surface area (Å²) in [4.78, 5) is 24.0. The highest BCUT2D eigenvalue weighted by Crippen LogP contribution is 2.19. The lowest BCUT2D eigenvalue weighted by atomic mass is 10.2. The third-order valence-corrected chi connectivity index (χ3v) is 3.22. The third kappa shape index (κ3) is 3.35. The predicted octanol–water partition coefficient (Wildman–Crippen LogP) is 0.997. The maximum absolute atomic E-state index is 11.0. The molecule has 0 bridgehead atoms. The Balaban J connectivity index is 1.94. The molecule has 2 rings (SSSR count). The zero-order valence-electron chi connectivity index (χ0n) is 11.1. The van der Waals surface area contributed by atoms with Gasteiger partial charge >= 0.3 is 5.97 Å². The number of carbonyl (C=O) groups excluding carboxylic acids is 1. The lowest BCUT2D eigenvalue weighted by molar-refractivity contribution is -0.119. The van der Waals surface area contributed by atoms with Gasteiger partial charge in [0.2, 0.25) is 11.7 Å². The number of nitrogens with one attached hydrogen (secondary N) is 1. The van der Waals surface area contributed by atoms with Gasteiger partial charge in [-0.15, -0.1) is 0 Å². The molecule has 1 aromatic heterocycles. The lowest BCUT2D eigenvalue weighted by Crippen LogP contribution is -2.35. The standard InChI is InChI=1S/C13H18N2O4/c1-8-5-11(19-12(8)13(17)18)7-15-4-3-10(6-15)14-9(2)16/h5,10H,3-4,6-7H2,1-2H3,(H,14,16)(H,17,18). The second kappa shape index (κ2) is 5.44. The van der Waals surface area contributed by atoms with Gasteiger partial charge in [-0.2, -0.15) is 0 Å². The van der Waals surface area contributed by atoms with E-state index in [-0.39, 0.29) is 17.7 Å². The van der Waals surface area contributed by atoms with Crippen LogP contribution in [-0.4, -0.2) is 41.0 Å². The van der Waals surface area contributed by atoms with Crippen LogP contribution in [0.25, 0.3) is 0 Å². The van der Waals surface area contributed by atoms with E-state index in [0.29, 0.717) is 17.9 Å². The zero-order valence-corrected chi connectivity index (χ0v) is 11.1. The van der Waals surface area contributed by atoms with Crippen LogP contribution in [0.4, 0.5) is 0 Å². The SMILES string of the molecule is CC(=O)NC1CCN(Cc2cc(C)c(C(=O)O)o2)C1. The van der Waals surface area contributed by atoms with Crippen molar-refractivity contribution < 1.29 is 19.1 Å². The maximum Gasteiger partial charge on any atom is 0.372 e. The number of hydrogen-bond donors (Lipinski definition) is 2. The van der Waals surface area contributed by atoms with E-state index in [1.807, 2.05) is 0 Å². The van der Waals surface area contributed by atoms with Crippen molar-refractivity contribution in [1.29, 1.82) is 0 Å². The highest BCUT2D eigenvalue weighted by molar-refractivity contribution is 5.86. The van der Waals surface area contributed by atoms with Gasteiger partial charge < -0.3 is 14.8 Å². The fourth-order valence-electron chi connectivity index (χ4n) is 2.44. The second-order valence-electron chi connectivity index (χ2n) is 4.95. The fourth-order valence-corrected chi connectivity index (χ4v) is 2.44. The molecule has 0 aliphatic carbocycles. The number of amides is 1. The smallest absolute Gasteiger partial charge is 0.372 e. The number of nitrogens with zero attached hydrogens (tertiary/aromatic N) is 1. The van der Waals surface area contributed by atoms with Crippen LogP contribution >= 0.6 is 0 Å². The van der Waals surface area contributed by atoms with E-state index in [2.05, 4.69) is 10.2 Å². The summed E-state index contributed by atoms with van der Waals surface area (Å²) < 4.78 is 5.33. The van der Waals surface area contributed by atoms with Gasteiger partial charge in [-0.25, -0.2) is 4.79 Å². The molecule has 104 valence electrons. The molecule has 0 aromatic carbocycles. The molecule has 2 heterocycles. The van der Waals surface area contributed by atoms with Gasteiger partial charge in [0.15, 0.2) is 0 Å². The van der Waals surface area contributed by atoms with Crippen molar-refractivity contribution in [2.45, 2.75) is 32.9 Å². The Bertz CT molecular complexity index is 495. The minimum absolute atomic E-state index is 0.00704. The summed E-state index contributed by atoms with van der Waals surface area (Å²) in [7, 11) is 0. The zero-order chi connectivity index (χ0) is 14.0. The van der Waals surface area contributed by atoms with Gasteiger partial charge in [0.05, 0.1) is 6.54 Å². The van der Waals surface area contributed by atoms with Gasteiger partial charge in [0.25, 0.3) is 0 Å². The van der Waals surface area contributed by atoms with Crippen molar-refractivity contribution in [3.8, 4) is 0 Å². The summed E-state index contributed by atoms with van der Waals surface area (Å²) in [6, 6.07) is 1.93. The van der Waals surface area contributed by atoms with Crippen LogP contribution < -0.4 is 5.32 Å². The average molecular weight is 266 g/mol. The molecule has 1 atom stereocenters. The fraction of sp³-hybridized carbons (Fsp3) is 0.538. The summed E-state index contributed by atoms with van der Waals surface area (Å²) in [6.07, 6.45) is 0.908. The molecule has 1 fully saturated rings. The van der Waals surface area contributed by atoms with Crippen LogP contribution in [0.3, 0.4) is 0 Å². The Morgan fingerprint density at radius 1 is 1.58 bits per heavy atom. The number of furan rings is 1. The van der Waals surface area contributed by atoms with E-state index in [1.54, 1.807) is 13.0 Å². The minimum Gasteiger partial charge on any atom is -0.475 e. The van der Waals surface area contributed by atoms with E-state index in [4.69, 9.17) is 9.52 Å². The van der Waals surface area contributed by atoms with Crippen LogP contribution in [0.2, 0.25) is 0 Å². The van der Waals surface area contributed by atoms with Gasteiger partial charge in [0.1, 0.15) is 5.76 Å². The Morgan fingerprint density at radius 2 is 2.32 bits per heavy atom. The molecule has 1 unspecified atom stereocenters. The molecule has 0 saturated carbocycles. The molecule has 1 aromatic rings. The molecule has 1 saturated heterocycles. The minimum atomic E-state index is -1.04. The van der Waals surface area contributed by atoms with E-state index < -0.39 is 5.97 Å². The number of carbonyl (C=O) groups is 2. The predicted molar refractivity (Wildman–Crippen MR) is 67.9 cm³/mol. The Labute approximate surface area is 111 Å². The first-order valence-corrected chi connectivity index (χ1v) is 6.27. The van der Waals surface area contributed by atoms with Crippen LogP contribution in [0.15, 0.2) is 10.5 Å². The van der Waals surface area contributed by atoms with E-state index in [1.165, 1.54) is 6.92 Å². The number of hydrogen-bond acceptors (Lipinski definition) is 4. The average Bonchev–Trinajstić information content (AvgIpc) is 2.85. The molecule has 1 amide bonds. The van der Waals surface area contributed by atoms with Crippen LogP contribution in [0.5, 0.6) is 0 Å². The largest absolute Gasteiger partial charge is 0.475 e. The first-order valence-electron chi connectivity index (χ1n) is 6.27. The number of rotatable bonds is 4. The molecule has 1 aliphatic rings. The van der Waals surface area contributed by atoms with E-state index in [0.717, 1.165) is 19.5 Å². The summed E-state index contributed by atoms with van der Waals surface area (Å²) in [5.41, 5.74) is 0.639. The van der Waals surface area contributed by atoms with E-state index >= 15 is 0 Å². The normalized spacial score (nSPS) is 19.6. The van der Waals surface area contributed by atoms with Gasteiger partial charge in [0, 0.05) is 31.6 Å². The molecule has 6 nitrogen and oxygen atoms in total.